The van der Waals surface area contributed by atoms with Crippen molar-refractivity contribution in [2.75, 3.05) is 0 Å². The van der Waals surface area contributed by atoms with E-state index in [1.165, 1.54) is 44.1 Å². The molecule has 2 aromatic carbocycles. The van der Waals surface area contributed by atoms with E-state index < -0.39 is 0 Å². The molecule has 3 heteroatoms. The van der Waals surface area contributed by atoms with Crippen LogP contribution in [0.25, 0.3) is 0 Å². The molecule has 0 heterocycles. The van der Waals surface area contributed by atoms with Crippen LogP contribution in [-0.4, -0.2) is 5.11 Å². The van der Waals surface area contributed by atoms with E-state index in [4.69, 9.17) is 0 Å². The quantitative estimate of drug-likeness (QED) is 0.406. The maximum Gasteiger partial charge on any atom is 0.115 e. The zero-order chi connectivity index (χ0) is 16.3. The van der Waals surface area contributed by atoms with Gasteiger partial charge in [-0.3, -0.25) is 0 Å². The molecule has 122 valence electrons. The molecule has 0 amide bonds. The molecule has 0 saturated carbocycles. The van der Waals surface area contributed by atoms with E-state index >= 15 is 0 Å². The fourth-order valence-corrected chi connectivity index (χ4v) is 2.47. The molecule has 0 unspecified atom stereocenters. The zero-order valence-electron chi connectivity index (χ0n) is 13.9. The van der Waals surface area contributed by atoms with Crippen molar-refractivity contribution >= 4 is 11.4 Å². The van der Waals surface area contributed by atoms with E-state index in [2.05, 4.69) is 29.3 Å². The van der Waals surface area contributed by atoms with Gasteiger partial charge in [0.2, 0.25) is 0 Å². The Bertz CT molecular complexity index is 588. The summed E-state index contributed by atoms with van der Waals surface area (Å²) in [4.78, 5) is 0. The van der Waals surface area contributed by atoms with Gasteiger partial charge in [0.25, 0.3) is 0 Å². The molecule has 0 aromatic heterocycles. The Morgan fingerprint density at radius 3 is 1.83 bits per heavy atom. The molecule has 0 saturated heterocycles. The average Bonchev–Trinajstić information content (AvgIpc) is 2.58. The van der Waals surface area contributed by atoms with E-state index in [0.29, 0.717) is 0 Å². The standard InChI is InChI=1S/C20H26N2O/c1-2-3-4-5-6-7-8-17-9-11-18(12-10-17)21-22-19-13-15-20(23)16-14-19/h9-16,23H,2-8H2,1H3. The molecule has 23 heavy (non-hydrogen) atoms. The first-order chi connectivity index (χ1) is 11.3. The molecule has 0 spiro atoms. The third kappa shape index (κ3) is 6.64. The van der Waals surface area contributed by atoms with Gasteiger partial charge in [0.05, 0.1) is 11.4 Å². The van der Waals surface area contributed by atoms with Crippen LogP contribution in [0.4, 0.5) is 11.4 Å². The van der Waals surface area contributed by atoms with Crippen LogP contribution < -0.4 is 0 Å². The Labute approximate surface area is 139 Å². The second-order valence-corrected chi connectivity index (χ2v) is 5.90. The van der Waals surface area contributed by atoms with Gasteiger partial charge in [-0.1, -0.05) is 51.2 Å². The van der Waals surface area contributed by atoms with Crippen molar-refractivity contribution < 1.29 is 5.11 Å². The second kappa shape index (κ2) is 9.78. The fraction of sp³-hybridized carbons (Fsp3) is 0.400. The van der Waals surface area contributed by atoms with Gasteiger partial charge in [0.15, 0.2) is 0 Å². The largest absolute Gasteiger partial charge is 0.508 e. The first-order valence-electron chi connectivity index (χ1n) is 8.57. The molecular weight excluding hydrogens is 284 g/mol. The van der Waals surface area contributed by atoms with Gasteiger partial charge in [0, 0.05) is 0 Å². The summed E-state index contributed by atoms with van der Waals surface area (Å²) in [5, 5.41) is 17.6. The minimum absolute atomic E-state index is 0.239. The van der Waals surface area contributed by atoms with E-state index in [9.17, 15) is 5.11 Å². The lowest BCUT2D eigenvalue weighted by atomic mass is 10.0. The number of aromatic hydroxyl groups is 1. The number of phenolic OH excluding ortho intramolecular Hbond substituents is 1. The summed E-state index contributed by atoms with van der Waals surface area (Å²) in [5.74, 6) is 0.239. The van der Waals surface area contributed by atoms with Gasteiger partial charge in [-0.25, -0.2) is 0 Å². The smallest absolute Gasteiger partial charge is 0.115 e. The number of azo groups is 1. The van der Waals surface area contributed by atoms with Crippen LogP contribution >= 0.6 is 0 Å². The first kappa shape index (κ1) is 17.2. The summed E-state index contributed by atoms with van der Waals surface area (Å²) < 4.78 is 0. The van der Waals surface area contributed by atoms with Crippen molar-refractivity contribution in [3.63, 3.8) is 0 Å². The number of aryl methyl sites for hydroxylation is 1. The van der Waals surface area contributed by atoms with E-state index in [1.54, 1.807) is 24.3 Å². The van der Waals surface area contributed by atoms with Crippen molar-refractivity contribution in [3.8, 4) is 5.75 Å². The number of unbranched alkanes of at least 4 members (excludes halogenated alkanes) is 5. The number of hydrogen-bond donors (Lipinski definition) is 1. The normalized spacial score (nSPS) is 11.2. The number of nitrogens with zero attached hydrogens (tertiary/aromatic N) is 2. The zero-order valence-corrected chi connectivity index (χ0v) is 13.9. The molecule has 1 N–H and O–H groups in total. The molecule has 2 rings (SSSR count). The highest BCUT2D eigenvalue weighted by Crippen LogP contribution is 2.21. The van der Waals surface area contributed by atoms with E-state index in [-0.39, 0.29) is 5.75 Å². The summed E-state index contributed by atoms with van der Waals surface area (Å²) in [6.07, 6.45) is 9.11. The van der Waals surface area contributed by atoms with E-state index in [0.717, 1.165) is 17.8 Å². The highest BCUT2D eigenvalue weighted by Gasteiger charge is 1.96. The van der Waals surface area contributed by atoms with Crippen LogP contribution in [0, 0.1) is 0 Å². The lowest BCUT2D eigenvalue weighted by Crippen LogP contribution is -1.85. The van der Waals surface area contributed by atoms with Crippen LogP contribution in [0.1, 0.15) is 51.0 Å². The lowest BCUT2D eigenvalue weighted by molar-refractivity contribution is 0.475. The number of phenols is 1. The molecular formula is C20H26N2O. The monoisotopic (exact) mass is 310 g/mol. The van der Waals surface area contributed by atoms with Crippen molar-refractivity contribution in [1.82, 2.24) is 0 Å². The molecule has 0 radical (unpaired) electrons. The SMILES string of the molecule is CCCCCCCCc1ccc(N=Nc2ccc(O)cc2)cc1. The van der Waals surface area contributed by atoms with E-state index in [1.807, 2.05) is 12.1 Å². The second-order valence-electron chi connectivity index (χ2n) is 5.90. The van der Waals surface area contributed by atoms with Gasteiger partial charge in [-0.05, 0) is 54.8 Å². The fourth-order valence-electron chi connectivity index (χ4n) is 2.47. The Morgan fingerprint density at radius 1 is 0.696 bits per heavy atom. The summed E-state index contributed by atoms with van der Waals surface area (Å²) in [6.45, 7) is 2.25. The third-order valence-corrected chi connectivity index (χ3v) is 3.89. The molecule has 2 aromatic rings. The minimum atomic E-state index is 0.239. The van der Waals surface area contributed by atoms with Crippen molar-refractivity contribution in [2.45, 2.75) is 51.9 Å². The first-order valence-corrected chi connectivity index (χ1v) is 8.57. The number of hydrogen-bond acceptors (Lipinski definition) is 3. The molecule has 3 nitrogen and oxygen atoms in total. The Morgan fingerprint density at radius 2 is 1.22 bits per heavy atom. The predicted octanol–water partition coefficient (Wildman–Crippen LogP) is 6.71. The Hall–Kier alpha value is -2.16. The van der Waals surface area contributed by atoms with Crippen LogP contribution in [0.15, 0.2) is 58.8 Å². The molecule has 0 atom stereocenters. The topological polar surface area (TPSA) is 45.0 Å². The van der Waals surface area contributed by atoms with Crippen molar-refractivity contribution in [3.05, 3.63) is 54.1 Å². The highest BCUT2D eigenvalue weighted by atomic mass is 16.3. The Kier molecular flexibility index (Phi) is 7.31. The van der Waals surface area contributed by atoms with Gasteiger partial charge >= 0.3 is 0 Å². The third-order valence-electron chi connectivity index (χ3n) is 3.89. The summed E-state index contributed by atoms with van der Waals surface area (Å²) in [5.41, 5.74) is 2.95. The van der Waals surface area contributed by atoms with Gasteiger partial charge in [-0.15, -0.1) is 0 Å². The average molecular weight is 310 g/mol. The maximum absolute atomic E-state index is 9.23. The number of rotatable bonds is 9. The molecule has 0 aliphatic carbocycles. The molecule has 0 aliphatic heterocycles. The van der Waals surface area contributed by atoms with Crippen molar-refractivity contribution in [2.24, 2.45) is 10.2 Å². The van der Waals surface area contributed by atoms with Crippen LogP contribution in [0.5, 0.6) is 5.75 Å². The molecule has 0 fully saturated rings. The number of benzene rings is 2. The molecule has 0 bridgehead atoms. The van der Waals surface area contributed by atoms with Crippen molar-refractivity contribution in [1.29, 1.82) is 0 Å². The highest BCUT2D eigenvalue weighted by molar-refractivity contribution is 5.42. The van der Waals surface area contributed by atoms with Gasteiger partial charge < -0.3 is 5.11 Å². The summed E-state index contributed by atoms with van der Waals surface area (Å²) >= 11 is 0. The summed E-state index contributed by atoms with van der Waals surface area (Å²) in [6, 6.07) is 15.0. The lowest BCUT2D eigenvalue weighted by Gasteiger charge is -2.02. The Balaban J connectivity index is 1.76. The minimum Gasteiger partial charge on any atom is -0.508 e. The van der Waals surface area contributed by atoms with Crippen LogP contribution in [-0.2, 0) is 6.42 Å². The summed E-state index contributed by atoms with van der Waals surface area (Å²) in [7, 11) is 0. The molecule has 0 aliphatic rings. The van der Waals surface area contributed by atoms with Crippen LogP contribution in [0.3, 0.4) is 0 Å². The van der Waals surface area contributed by atoms with Gasteiger partial charge in [-0.2, -0.15) is 10.2 Å². The predicted molar refractivity (Wildman–Crippen MR) is 95.8 cm³/mol. The maximum atomic E-state index is 9.23. The van der Waals surface area contributed by atoms with Gasteiger partial charge in [0.1, 0.15) is 5.75 Å². The van der Waals surface area contributed by atoms with Crippen LogP contribution in [0.2, 0.25) is 0 Å².